The van der Waals surface area contributed by atoms with Crippen molar-refractivity contribution in [1.29, 1.82) is 0 Å². The fourth-order valence-electron chi connectivity index (χ4n) is 3.62. The van der Waals surface area contributed by atoms with Crippen LogP contribution in [0.1, 0.15) is 18.1 Å². The van der Waals surface area contributed by atoms with E-state index in [9.17, 15) is 22.0 Å². The largest absolute Gasteiger partial charge is 0.379 e. The van der Waals surface area contributed by atoms with Crippen molar-refractivity contribution < 1.29 is 26.7 Å². The minimum absolute atomic E-state index is 0.124. The summed E-state index contributed by atoms with van der Waals surface area (Å²) in [5, 5.41) is 2.73. The zero-order valence-corrected chi connectivity index (χ0v) is 18.9. The highest BCUT2D eigenvalue weighted by molar-refractivity contribution is 7.92. The van der Waals surface area contributed by atoms with E-state index in [2.05, 4.69) is 10.2 Å². The first-order chi connectivity index (χ1) is 15.1. The number of rotatable bonds is 8. The van der Waals surface area contributed by atoms with Crippen molar-refractivity contribution in [3.8, 4) is 0 Å². The number of nitrogens with one attached hydrogen (secondary N) is 1. The first kappa shape index (κ1) is 24.1. The first-order valence-electron chi connectivity index (χ1n) is 10.3. The molecule has 0 unspecified atom stereocenters. The Labute approximate surface area is 187 Å². The van der Waals surface area contributed by atoms with Gasteiger partial charge in [0, 0.05) is 32.2 Å². The van der Waals surface area contributed by atoms with Gasteiger partial charge >= 0.3 is 0 Å². The van der Waals surface area contributed by atoms with Gasteiger partial charge in [-0.05, 0) is 30.2 Å². The molecule has 1 N–H and O–H groups in total. The summed E-state index contributed by atoms with van der Waals surface area (Å²) >= 11 is 0. The maximum absolute atomic E-state index is 13.7. The summed E-state index contributed by atoms with van der Waals surface area (Å²) in [5.74, 6) is -2.85. The fraction of sp³-hybridized carbons (Fsp3) is 0.409. The van der Waals surface area contributed by atoms with E-state index in [1.54, 1.807) is 0 Å². The van der Waals surface area contributed by atoms with E-state index in [0.717, 1.165) is 59.5 Å². The minimum atomic E-state index is -3.93. The molecule has 174 valence electrons. The Morgan fingerprint density at radius 3 is 2.47 bits per heavy atom. The maximum atomic E-state index is 13.7. The second kappa shape index (κ2) is 10.4. The number of halogens is 2. The molecule has 0 spiro atoms. The maximum Gasteiger partial charge on any atom is 0.243 e. The van der Waals surface area contributed by atoms with Crippen molar-refractivity contribution >= 4 is 21.6 Å². The average molecular weight is 468 g/mol. The van der Waals surface area contributed by atoms with Gasteiger partial charge in [0.2, 0.25) is 15.9 Å². The minimum Gasteiger partial charge on any atom is -0.379 e. The van der Waals surface area contributed by atoms with Crippen LogP contribution in [0.25, 0.3) is 0 Å². The summed E-state index contributed by atoms with van der Waals surface area (Å²) in [7, 11) is -3.93. The number of ether oxygens (including phenoxy) is 1. The number of carbonyl (C=O) groups is 1. The van der Waals surface area contributed by atoms with Gasteiger partial charge in [-0.2, -0.15) is 0 Å². The highest BCUT2D eigenvalue weighted by atomic mass is 32.2. The number of anilines is 1. The van der Waals surface area contributed by atoms with Gasteiger partial charge < -0.3 is 10.1 Å². The van der Waals surface area contributed by atoms with Gasteiger partial charge in [-0.1, -0.05) is 24.3 Å². The molecule has 0 bridgehead atoms. The van der Waals surface area contributed by atoms with E-state index in [1.807, 2.05) is 24.3 Å². The molecule has 32 heavy (non-hydrogen) atoms. The molecule has 1 saturated heterocycles. The third-order valence-electron chi connectivity index (χ3n) is 5.21. The van der Waals surface area contributed by atoms with Gasteiger partial charge in [0.15, 0.2) is 11.6 Å². The summed E-state index contributed by atoms with van der Waals surface area (Å²) in [5.41, 5.74) is 1.85. The molecule has 0 saturated carbocycles. The van der Waals surface area contributed by atoms with Crippen molar-refractivity contribution in [3.63, 3.8) is 0 Å². The van der Waals surface area contributed by atoms with Crippen molar-refractivity contribution in [1.82, 2.24) is 10.2 Å². The van der Waals surface area contributed by atoms with Gasteiger partial charge in [0.25, 0.3) is 0 Å². The number of morpholine rings is 1. The van der Waals surface area contributed by atoms with Crippen LogP contribution in [0.3, 0.4) is 0 Å². The molecule has 1 fully saturated rings. The van der Waals surface area contributed by atoms with Crippen LogP contribution < -0.4 is 9.62 Å². The van der Waals surface area contributed by atoms with Gasteiger partial charge in [0.1, 0.15) is 6.04 Å². The summed E-state index contributed by atoms with van der Waals surface area (Å²) in [6.45, 7) is 5.53. The first-order valence-corrected chi connectivity index (χ1v) is 12.1. The lowest BCUT2D eigenvalue weighted by atomic mass is 10.1. The summed E-state index contributed by atoms with van der Waals surface area (Å²) in [4.78, 5) is 15.0. The lowest BCUT2D eigenvalue weighted by Gasteiger charge is -2.28. The lowest BCUT2D eigenvalue weighted by molar-refractivity contribution is -0.122. The van der Waals surface area contributed by atoms with Crippen molar-refractivity contribution in [2.75, 3.05) is 36.9 Å². The summed E-state index contributed by atoms with van der Waals surface area (Å²) < 4.78 is 57.7. The van der Waals surface area contributed by atoms with Crippen LogP contribution in [0.15, 0.2) is 42.5 Å². The van der Waals surface area contributed by atoms with E-state index >= 15 is 0 Å². The Morgan fingerprint density at radius 1 is 1.12 bits per heavy atom. The lowest BCUT2D eigenvalue weighted by Crippen LogP contribution is -2.47. The van der Waals surface area contributed by atoms with E-state index in [0.29, 0.717) is 13.2 Å². The molecular formula is C22H27F2N3O4S. The number of sulfonamides is 1. The van der Waals surface area contributed by atoms with E-state index in [1.165, 1.54) is 6.92 Å². The molecule has 0 aromatic heterocycles. The topological polar surface area (TPSA) is 79.0 Å². The number of amides is 1. The monoisotopic (exact) mass is 467 g/mol. The molecule has 2 aromatic carbocycles. The Bertz CT molecular complexity index is 1060. The number of hydrogen-bond donors (Lipinski definition) is 1. The molecular weight excluding hydrogens is 440 g/mol. The van der Waals surface area contributed by atoms with E-state index in [-0.39, 0.29) is 12.2 Å². The van der Waals surface area contributed by atoms with Crippen LogP contribution in [-0.4, -0.2) is 57.8 Å². The Morgan fingerprint density at radius 2 is 1.81 bits per heavy atom. The smallest absolute Gasteiger partial charge is 0.243 e. The zero-order chi connectivity index (χ0) is 23.3. The van der Waals surface area contributed by atoms with Crippen LogP contribution in [0.2, 0.25) is 0 Å². The molecule has 10 heteroatoms. The Balaban J connectivity index is 1.67. The molecule has 2 aromatic rings. The normalized spacial score (nSPS) is 15.9. The molecule has 0 radical (unpaired) electrons. The van der Waals surface area contributed by atoms with Crippen LogP contribution in [0, 0.1) is 11.6 Å². The molecule has 7 nitrogen and oxygen atoms in total. The molecule has 1 aliphatic rings. The van der Waals surface area contributed by atoms with Crippen LogP contribution in [-0.2, 0) is 32.6 Å². The predicted molar refractivity (Wildman–Crippen MR) is 118 cm³/mol. The Kier molecular flexibility index (Phi) is 7.81. The van der Waals surface area contributed by atoms with Crippen molar-refractivity contribution in [2.24, 2.45) is 0 Å². The number of hydrogen-bond acceptors (Lipinski definition) is 5. The van der Waals surface area contributed by atoms with Crippen LogP contribution in [0.5, 0.6) is 0 Å². The highest BCUT2D eigenvalue weighted by Gasteiger charge is 2.29. The quantitative estimate of drug-likeness (QED) is 0.645. The third kappa shape index (κ3) is 6.24. The number of carbonyl (C=O) groups excluding carboxylic acids is 1. The van der Waals surface area contributed by atoms with Crippen molar-refractivity contribution in [2.45, 2.75) is 26.1 Å². The Hall–Kier alpha value is -2.56. The van der Waals surface area contributed by atoms with Gasteiger partial charge in [-0.15, -0.1) is 0 Å². The van der Waals surface area contributed by atoms with Crippen LogP contribution in [0.4, 0.5) is 14.5 Å². The second-order valence-corrected chi connectivity index (χ2v) is 9.62. The van der Waals surface area contributed by atoms with Gasteiger partial charge in [0.05, 0.1) is 25.2 Å². The zero-order valence-electron chi connectivity index (χ0n) is 18.1. The van der Waals surface area contributed by atoms with E-state index < -0.39 is 33.6 Å². The second-order valence-electron chi connectivity index (χ2n) is 7.76. The molecule has 1 aliphatic heterocycles. The fourth-order valence-corrected chi connectivity index (χ4v) is 4.79. The van der Waals surface area contributed by atoms with E-state index in [4.69, 9.17) is 4.74 Å². The number of benzene rings is 2. The standard InChI is InChI=1S/C22H27F2N3O4S/c1-16(27(32(2,29)30)19-6-7-20(23)21(24)13-19)22(28)25-14-17-4-3-5-18(12-17)15-26-8-10-31-11-9-26/h3-7,12-13,16H,8-11,14-15H2,1-2H3,(H,25,28)/t16-/m0/s1. The van der Waals surface area contributed by atoms with Crippen LogP contribution >= 0.6 is 0 Å². The predicted octanol–water partition coefficient (Wildman–Crippen LogP) is 2.27. The molecule has 3 rings (SSSR count). The highest BCUT2D eigenvalue weighted by Crippen LogP contribution is 2.23. The summed E-state index contributed by atoms with van der Waals surface area (Å²) in [6, 6.07) is 9.33. The van der Waals surface area contributed by atoms with Crippen molar-refractivity contribution in [3.05, 3.63) is 65.2 Å². The summed E-state index contributed by atoms with van der Waals surface area (Å²) in [6.07, 6.45) is 0.910. The molecule has 0 aliphatic carbocycles. The van der Waals surface area contributed by atoms with Gasteiger partial charge in [-0.25, -0.2) is 17.2 Å². The molecule has 1 atom stereocenters. The SMILES string of the molecule is C[C@@H](C(=O)NCc1cccc(CN2CCOCC2)c1)N(c1ccc(F)c(F)c1)S(C)(=O)=O. The molecule has 1 amide bonds. The third-order valence-corrected chi connectivity index (χ3v) is 6.46. The van der Waals surface area contributed by atoms with Gasteiger partial charge in [-0.3, -0.25) is 14.0 Å². The average Bonchev–Trinajstić information content (AvgIpc) is 2.74. The number of nitrogens with zero attached hydrogens (tertiary/aromatic N) is 2. The molecule has 1 heterocycles.